The van der Waals surface area contributed by atoms with Gasteiger partial charge < -0.3 is 14.4 Å². The third-order valence-electron chi connectivity index (χ3n) is 6.28. The van der Waals surface area contributed by atoms with Gasteiger partial charge in [0.05, 0.1) is 22.6 Å². The van der Waals surface area contributed by atoms with Gasteiger partial charge in [-0.05, 0) is 32.0 Å². The normalized spacial score (nSPS) is 19.2. The highest BCUT2D eigenvalue weighted by atomic mass is 19.4. The van der Waals surface area contributed by atoms with Gasteiger partial charge in [0.2, 0.25) is 5.91 Å². The van der Waals surface area contributed by atoms with Gasteiger partial charge in [0.25, 0.3) is 0 Å². The van der Waals surface area contributed by atoms with E-state index in [2.05, 4.69) is 9.97 Å². The average molecular weight is 485 g/mol. The summed E-state index contributed by atoms with van der Waals surface area (Å²) in [5.74, 6) is 0.184. The highest BCUT2D eigenvalue weighted by Gasteiger charge is 2.41. The maximum atomic E-state index is 14.2. The molecule has 0 unspecified atom stereocenters. The zero-order valence-electron chi connectivity index (χ0n) is 20.3. The molecule has 1 amide bonds. The Morgan fingerprint density at radius 2 is 1.83 bits per heavy atom. The van der Waals surface area contributed by atoms with Gasteiger partial charge in [0, 0.05) is 42.5 Å². The van der Waals surface area contributed by atoms with Crippen LogP contribution < -0.4 is 4.90 Å². The molecule has 0 radical (unpaired) electrons. The molecular formula is C25H27F3N6O. The number of benzene rings is 1. The molecule has 10 heteroatoms. The number of hydrogen-bond donors (Lipinski definition) is 0. The standard InChI is InChI=1S/C25H27F3N6O/c1-15-12-33(23(35)24(3,4)5)16(2)11-32(15)21-20-19(25(26,27)28)13-34(22(20)31-14-30-21)18-8-6-7-17(9-18)10-29/h6-9,13-16H,11-12H2,1-5H3/t15-,16+/m0/s1. The van der Waals surface area contributed by atoms with Crippen molar-refractivity contribution in [3.8, 4) is 11.8 Å². The predicted molar refractivity (Wildman–Crippen MR) is 126 cm³/mol. The predicted octanol–water partition coefficient (Wildman–Crippen LogP) is 4.78. The lowest BCUT2D eigenvalue weighted by molar-refractivity contribution is -0.142. The van der Waals surface area contributed by atoms with Gasteiger partial charge in [0.1, 0.15) is 12.1 Å². The Bertz CT molecular complexity index is 1320. The van der Waals surface area contributed by atoms with Gasteiger partial charge in [-0.3, -0.25) is 4.79 Å². The third-order valence-corrected chi connectivity index (χ3v) is 6.28. The zero-order chi connectivity index (χ0) is 25.7. The highest BCUT2D eigenvalue weighted by molar-refractivity contribution is 5.93. The van der Waals surface area contributed by atoms with E-state index in [0.717, 1.165) is 6.20 Å². The van der Waals surface area contributed by atoms with Crippen molar-refractivity contribution >= 4 is 22.8 Å². The van der Waals surface area contributed by atoms with E-state index >= 15 is 0 Å². The lowest BCUT2D eigenvalue weighted by Gasteiger charge is -2.46. The van der Waals surface area contributed by atoms with Gasteiger partial charge in [-0.25, -0.2) is 9.97 Å². The molecule has 1 aliphatic rings. The van der Waals surface area contributed by atoms with Crippen LogP contribution in [-0.4, -0.2) is 50.5 Å². The number of alkyl halides is 3. The van der Waals surface area contributed by atoms with Crippen LogP contribution in [0, 0.1) is 16.7 Å². The fourth-order valence-electron chi connectivity index (χ4n) is 4.54. The van der Waals surface area contributed by atoms with E-state index < -0.39 is 17.2 Å². The van der Waals surface area contributed by atoms with Crippen LogP contribution in [-0.2, 0) is 11.0 Å². The number of carbonyl (C=O) groups excluding carboxylic acids is 1. The summed E-state index contributed by atoms with van der Waals surface area (Å²) >= 11 is 0. The minimum Gasteiger partial charge on any atom is -0.349 e. The van der Waals surface area contributed by atoms with Crippen molar-refractivity contribution in [2.45, 2.75) is 52.9 Å². The number of nitrogens with zero attached hydrogens (tertiary/aromatic N) is 6. The molecule has 1 aromatic carbocycles. The number of hydrogen-bond acceptors (Lipinski definition) is 5. The minimum absolute atomic E-state index is 0.00356. The second kappa shape index (κ2) is 8.56. The fraction of sp³-hybridized carbons (Fsp3) is 0.440. The second-order valence-electron chi connectivity index (χ2n) is 10.0. The molecule has 2 aromatic heterocycles. The van der Waals surface area contributed by atoms with Crippen LogP contribution in [0.15, 0.2) is 36.8 Å². The first-order valence-electron chi connectivity index (χ1n) is 11.3. The minimum atomic E-state index is -4.64. The van der Waals surface area contributed by atoms with E-state index in [1.807, 2.05) is 45.6 Å². The Morgan fingerprint density at radius 1 is 1.11 bits per heavy atom. The summed E-state index contributed by atoms with van der Waals surface area (Å²) in [6, 6.07) is 7.88. The van der Waals surface area contributed by atoms with Gasteiger partial charge in [-0.1, -0.05) is 26.8 Å². The summed E-state index contributed by atoms with van der Waals surface area (Å²) < 4.78 is 44.0. The second-order valence-corrected chi connectivity index (χ2v) is 10.0. The van der Waals surface area contributed by atoms with Crippen molar-refractivity contribution in [3.05, 3.63) is 47.9 Å². The summed E-state index contributed by atoms with van der Waals surface area (Å²) in [7, 11) is 0. The Hall–Kier alpha value is -3.61. The number of carbonyl (C=O) groups is 1. The summed E-state index contributed by atoms with van der Waals surface area (Å²) in [6.07, 6.45) is -2.38. The first kappa shape index (κ1) is 24.5. The quantitative estimate of drug-likeness (QED) is 0.523. The molecule has 7 nitrogen and oxygen atoms in total. The Morgan fingerprint density at radius 3 is 2.46 bits per heavy atom. The molecule has 0 spiro atoms. The topological polar surface area (TPSA) is 78.1 Å². The lowest BCUT2D eigenvalue weighted by atomic mass is 9.92. The zero-order valence-corrected chi connectivity index (χ0v) is 20.3. The van der Waals surface area contributed by atoms with Gasteiger partial charge in [-0.15, -0.1) is 0 Å². The summed E-state index contributed by atoms with van der Waals surface area (Å²) in [5.41, 5.74) is -0.578. The van der Waals surface area contributed by atoms with Crippen LogP contribution in [0.25, 0.3) is 16.7 Å². The molecule has 3 heterocycles. The van der Waals surface area contributed by atoms with E-state index in [4.69, 9.17) is 0 Å². The molecule has 0 N–H and O–H groups in total. The first-order valence-corrected chi connectivity index (χ1v) is 11.3. The highest BCUT2D eigenvalue weighted by Crippen LogP contribution is 2.41. The number of rotatable bonds is 2. The molecule has 1 saturated heterocycles. The number of aromatic nitrogens is 3. The van der Waals surface area contributed by atoms with Crippen molar-refractivity contribution in [1.29, 1.82) is 5.26 Å². The summed E-state index contributed by atoms with van der Waals surface area (Å²) in [4.78, 5) is 25.1. The van der Waals surface area contributed by atoms with Crippen LogP contribution in [0.1, 0.15) is 45.7 Å². The van der Waals surface area contributed by atoms with Gasteiger partial charge >= 0.3 is 6.18 Å². The van der Waals surface area contributed by atoms with Gasteiger partial charge in [0.15, 0.2) is 5.65 Å². The Labute approximate surface area is 201 Å². The van der Waals surface area contributed by atoms with Crippen molar-refractivity contribution in [2.75, 3.05) is 18.0 Å². The number of fused-ring (bicyclic) bond motifs is 1. The van der Waals surface area contributed by atoms with Crippen LogP contribution in [0.2, 0.25) is 0 Å². The van der Waals surface area contributed by atoms with Crippen molar-refractivity contribution < 1.29 is 18.0 Å². The SMILES string of the molecule is C[C@@H]1CN(c2ncnc3c2c(C(F)(F)F)cn3-c2cccc(C#N)c2)[C@@H](C)CN1C(=O)C(C)(C)C. The molecule has 1 fully saturated rings. The molecule has 0 aliphatic carbocycles. The molecule has 1 aliphatic heterocycles. The fourth-order valence-corrected chi connectivity index (χ4v) is 4.54. The molecular weight excluding hydrogens is 457 g/mol. The van der Waals surface area contributed by atoms with E-state index in [1.165, 1.54) is 17.0 Å². The number of piperazine rings is 1. The molecule has 0 saturated carbocycles. The maximum Gasteiger partial charge on any atom is 0.418 e. The Kier molecular flexibility index (Phi) is 5.99. The van der Waals surface area contributed by atoms with Crippen LogP contribution >= 0.6 is 0 Å². The summed E-state index contributed by atoms with van der Waals surface area (Å²) in [5, 5.41) is 9.14. The maximum absolute atomic E-state index is 14.2. The largest absolute Gasteiger partial charge is 0.418 e. The molecule has 2 atom stereocenters. The van der Waals surface area contributed by atoms with Crippen LogP contribution in [0.3, 0.4) is 0 Å². The summed E-state index contributed by atoms with van der Waals surface area (Å²) in [6.45, 7) is 10.0. The van der Waals surface area contributed by atoms with E-state index in [0.29, 0.717) is 24.3 Å². The van der Waals surface area contributed by atoms with Crippen LogP contribution in [0.5, 0.6) is 0 Å². The Balaban J connectivity index is 1.85. The lowest BCUT2D eigenvalue weighted by Crippen LogP contribution is -2.60. The van der Waals surface area contributed by atoms with Crippen molar-refractivity contribution in [1.82, 2.24) is 19.4 Å². The number of anilines is 1. The van der Waals surface area contributed by atoms with E-state index in [9.17, 15) is 23.2 Å². The van der Waals surface area contributed by atoms with Crippen LogP contribution in [0.4, 0.5) is 19.0 Å². The van der Waals surface area contributed by atoms with E-state index in [-0.39, 0.29) is 34.8 Å². The number of nitriles is 1. The van der Waals surface area contributed by atoms with Gasteiger partial charge in [-0.2, -0.15) is 18.4 Å². The molecule has 35 heavy (non-hydrogen) atoms. The van der Waals surface area contributed by atoms with Crippen molar-refractivity contribution in [2.24, 2.45) is 5.41 Å². The van der Waals surface area contributed by atoms with E-state index in [1.54, 1.807) is 23.1 Å². The molecule has 4 rings (SSSR count). The first-order chi connectivity index (χ1) is 16.3. The molecule has 3 aromatic rings. The third kappa shape index (κ3) is 4.43. The average Bonchev–Trinajstić information content (AvgIpc) is 3.20. The number of halogens is 3. The van der Waals surface area contributed by atoms with Crippen molar-refractivity contribution in [3.63, 3.8) is 0 Å². The molecule has 0 bridgehead atoms. The monoisotopic (exact) mass is 484 g/mol. The molecule has 184 valence electrons. The smallest absolute Gasteiger partial charge is 0.349 e. The number of amides is 1.